The van der Waals surface area contributed by atoms with E-state index in [0.29, 0.717) is 33.8 Å². The minimum absolute atomic E-state index is 0.330. The zero-order chi connectivity index (χ0) is 26.8. The van der Waals surface area contributed by atoms with Crippen molar-refractivity contribution in [1.82, 2.24) is 24.3 Å². The molecule has 5 aromatic rings. The van der Waals surface area contributed by atoms with Gasteiger partial charge >= 0.3 is 0 Å². The van der Waals surface area contributed by atoms with Crippen molar-refractivity contribution in [1.29, 1.82) is 5.26 Å². The molecule has 0 bridgehead atoms. The van der Waals surface area contributed by atoms with Gasteiger partial charge < -0.3 is 4.90 Å². The van der Waals surface area contributed by atoms with Gasteiger partial charge in [-0.3, -0.25) is 8.71 Å². The Morgan fingerprint density at radius 1 is 1.03 bits per heavy atom. The fraction of sp³-hybridized carbons (Fsp3) is 0.222. The molecule has 1 aromatic carbocycles. The van der Waals surface area contributed by atoms with E-state index in [1.54, 1.807) is 24.1 Å². The molecule has 0 radical (unpaired) electrons. The highest BCUT2D eigenvalue weighted by Gasteiger charge is 2.23. The molecule has 0 N–H and O–H groups in total. The van der Waals surface area contributed by atoms with Crippen molar-refractivity contribution < 1.29 is 4.39 Å². The van der Waals surface area contributed by atoms with Crippen molar-refractivity contribution in [2.45, 2.75) is 20.3 Å². The summed E-state index contributed by atoms with van der Waals surface area (Å²) < 4.78 is 17.5. The van der Waals surface area contributed by atoms with Crippen molar-refractivity contribution in [2.75, 3.05) is 29.1 Å². The molecule has 5 rings (SSSR count). The van der Waals surface area contributed by atoms with Crippen LogP contribution in [0.1, 0.15) is 24.4 Å². The molecule has 38 heavy (non-hydrogen) atoms. The molecule has 192 valence electrons. The summed E-state index contributed by atoms with van der Waals surface area (Å²) in [6.07, 6.45) is 8.38. The molecule has 4 aromatic heterocycles. The molecule has 0 fully saturated rings. The quantitative estimate of drug-likeness (QED) is 0.209. The average Bonchev–Trinajstić information content (AvgIpc) is 3.55. The van der Waals surface area contributed by atoms with Crippen LogP contribution in [-0.2, 0) is 6.42 Å². The number of rotatable bonds is 8. The summed E-state index contributed by atoms with van der Waals surface area (Å²) >= 11 is 2.86. The summed E-state index contributed by atoms with van der Waals surface area (Å²) in [5.41, 5.74) is 4.84. The monoisotopic (exact) mass is 544 g/mol. The first-order chi connectivity index (χ1) is 18.5. The fourth-order valence-corrected chi connectivity index (χ4v) is 5.38. The Morgan fingerprint density at radius 2 is 1.74 bits per heavy atom. The Kier molecular flexibility index (Phi) is 7.26. The minimum Gasteiger partial charge on any atom is -0.302 e. The Morgan fingerprint density at radius 3 is 2.37 bits per heavy atom. The Bertz CT molecular complexity index is 1620. The number of benzene rings is 1. The number of halogens is 1. The number of nitriles is 1. The smallest absolute Gasteiger partial charge is 0.235 e. The van der Waals surface area contributed by atoms with E-state index in [1.165, 1.54) is 23.5 Å². The molecule has 0 spiro atoms. The van der Waals surface area contributed by atoms with Crippen LogP contribution in [-0.4, -0.2) is 44.2 Å². The van der Waals surface area contributed by atoms with Gasteiger partial charge in [0.25, 0.3) is 0 Å². The second-order valence-corrected chi connectivity index (χ2v) is 10.3. The highest BCUT2D eigenvalue weighted by atomic mass is 32.2. The molecule has 0 aliphatic carbocycles. The number of hydrogen-bond acceptors (Lipinski definition) is 9. The molecule has 0 aliphatic rings. The van der Waals surface area contributed by atoms with Crippen LogP contribution in [0.2, 0.25) is 0 Å². The predicted octanol–water partition coefficient (Wildman–Crippen LogP) is 6.36. The maximum absolute atomic E-state index is 13.5. The summed E-state index contributed by atoms with van der Waals surface area (Å²) in [7, 11) is 1.92. The van der Waals surface area contributed by atoms with Crippen molar-refractivity contribution in [3.63, 3.8) is 0 Å². The van der Waals surface area contributed by atoms with Crippen molar-refractivity contribution in [2.24, 2.45) is 0 Å². The number of anilines is 3. The van der Waals surface area contributed by atoms with Gasteiger partial charge in [-0.1, -0.05) is 30.2 Å². The minimum atomic E-state index is -0.330. The normalized spacial score (nSPS) is 11.1. The van der Waals surface area contributed by atoms with Gasteiger partial charge in [-0.2, -0.15) is 5.26 Å². The van der Waals surface area contributed by atoms with Gasteiger partial charge in [0.05, 0.1) is 5.69 Å². The maximum atomic E-state index is 13.5. The largest absolute Gasteiger partial charge is 0.302 e. The van der Waals surface area contributed by atoms with Gasteiger partial charge in [-0.15, -0.1) is 0 Å². The van der Waals surface area contributed by atoms with Crippen LogP contribution in [0.15, 0.2) is 55.0 Å². The molecule has 8 nitrogen and oxygen atoms in total. The molecule has 0 amide bonds. The molecule has 0 saturated heterocycles. The Hall–Kier alpha value is -4.01. The van der Waals surface area contributed by atoms with Crippen molar-refractivity contribution in [3.8, 4) is 28.5 Å². The maximum Gasteiger partial charge on any atom is 0.235 e. The fourth-order valence-electron chi connectivity index (χ4n) is 4.17. The van der Waals surface area contributed by atoms with Gasteiger partial charge in [-0.25, -0.2) is 24.3 Å². The number of fused-ring (bicyclic) bond motifs is 1. The van der Waals surface area contributed by atoms with E-state index < -0.39 is 0 Å². The highest BCUT2D eigenvalue weighted by Crippen LogP contribution is 2.38. The van der Waals surface area contributed by atoms with E-state index in [0.717, 1.165) is 34.7 Å². The summed E-state index contributed by atoms with van der Waals surface area (Å²) in [6.45, 7) is 4.73. The summed E-state index contributed by atoms with van der Waals surface area (Å²) in [6, 6.07) is 12.3. The topological polar surface area (TPSA) is 86.2 Å². The summed E-state index contributed by atoms with van der Waals surface area (Å²) in [4.78, 5) is 21.3. The van der Waals surface area contributed by atoms with Crippen LogP contribution in [0.5, 0.6) is 0 Å². The second-order valence-electron chi connectivity index (χ2n) is 8.37. The Labute approximate surface area is 228 Å². The first-order valence-corrected chi connectivity index (χ1v) is 14.0. The molecule has 0 unspecified atom stereocenters. The highest BCUT2D eigenvalue weighted by molar-refractivity contribution is 7.99. The second kappa shape index (κ2) is 10.8. The zero-order valence-electron chi connectivity index (χ0n) is 21.4. The third-order valence-electron chi connectivity index (χ3n) is 6.16. The van der Waals surface area contributed by atoms with Gasteiger partial charge in [0.2, 0.25) is 5.95 Å². The van der Waals surface area contributed by atoms with Crippen LogP contribution in [0.4, 0.5) is 21.3 Å². The van der Waals surface area contributed by atoms with Crippen LogP contribution < -0.4 is 9.21 Å². The molecular weight excluding hydrogens is 519 g/mol. The third-order valence-corrected chi connectivity index (χ3v) is 7.86. The number of hydrogen-bond donors (Lipinski definition) is 0. The SMILES string of the molecule is CCc1nc2ccc(-c3cnc(N(C)SC)nc3)cn2c1N(CC)c1nc(-c2ccc(F)cc2)c(C#N)s1. The molecular formula is C27H25FN8S2. The standard InChI is InChI=1S/C27H25FN8S2/c1-5-21-25(35(6-2)27-33-24(22(13-29)38-27)17-7-10-20(28)11-8-17)36-16-18(9-12-23(36)32-21)19-14-30-26(31-15-19)34(3)37-4/h7-12,14-16H,5-6H2,1-4H3. The van der Waals surface area contributed by atoms with E-state index in [9.17, 15) is 9.65 Å². The van der Waals surface area contributed by atoms with Crippen LogP contribution >= 0.6 is 23.3 Å². The molecule has 4 heterocycles. The van der Waals surface area contributed by atoms with Gasteiger partial charge in [0.1, 0.15) is 33.9 Å². The lowest BCUT2D eigenvalue weighted by Crippen LogP contribution is -2.19. The molecule has 0 atom stereocenters. The first-order valence-electron chi connectivity index (χ1n) is 12.0. The molecule has 11 heteroatoms. The molecule has 0 aliphatic heterocycles. The van der Waals surface area contributed by atoms with E-state index in [1.807, 2.05) is 55.3 Å². The van der Waals surface area contributed by atoms with Crippen LogP contribution in [0.3, 0.4) is 0 Å². The summed E-state index contributed by atoms with van der Waals surface area (Å²) in [5, 5.41) is 10.5. The lowest BCUT2D eigenvalue weighted by molar-refractivity contribution is 0.628. The van der Waals surface area contributed by atoms with Gasteiger partial charge in [0.15, 0.2) is 5.13 Å². The third kappa shape index (κ3) is 4.68. The number of aromatic nitrogens is 5. The van der Waals surface area contributed by atoms with Crippen molar-refractivity contribution in [3.05, 3.63) is 71.4 Å². The van der Waals surface area contributed by atoms with E-state index in [-0.39, 0.29) is 5.82 Å². The lowest BCUT2D eigenvalue weighted by Gasteiger charge is -2.21. The number of pyridine rings is 1. The van der Waals surface area contributed by atoms with E-state index in [4.69, 9.17) is 9.97 Å². The number of thiazole rings is 1. The van der Waals surface area contributed by atoms with Crippen LogP contribution in [0, 0.1) is 17.1 Å². The molecule has 0 saturated carbocycles. The summed E-state index contributed by atoms with van der Waals surface area (Å²) in [5.74, 6) is 1.21. The van der Waals surface area contributed by atoms with E-state index in [2.05, 4.69) is 32.3 Å². The number of nitrogens with zero attached hydrogens (tertiary/aromatic N) is 8. The van der Waals surface area contributed by atoms with Gasteiger partial charge in [-0.05, 0) is 49.7 Å². The lowest BCUT2D eigenvalue weighted by atomic mass is 10.1. The van der Waals surface area contributed by atoms with Crippen LogP contribution in [0.25, 0.3) is 28.0 Å². The first kappa shape index (κ1) is 25.6. The zero-order valence-corrected chi connectivity index (χ0v) is 23.0. The Balaban J connectivity index is 1.60. The van der Waals surface area contributed by atoms with Gasteiger partial charge in [0, 0.05) is 55.1 Å². The average molecular weight is 545 g/mol. The van der Waals surface area contributed by atoms with Crippen molar-refractivity contribution >= 4 is 45.8 Å². The number of imidazole rings is 1. The predicted molar refractivity (Wildman–Crippen MR) is 152 cm³/mol. The number of aryl methyl sites for hydroxylation is 1. The van der Waals surface area contributed by atoms with E-state index >= 15 is 0 Å².